The summed E-state index contributed by atoms with van der Waals surface area (Å²) < 4.78 is 5.04. The number of hydrogen-bond donors (Lipinski definition) is 3. The van der Waals surface area contributed by atoms with Crippen molar-refractivity contribution in [3.63, 3.8) is 0 Å². The minimum atomic E-state index is -0.201. The summed E-state index contributed by atoms with van der Waals surface area (Å²) in [4.78, 5) is 11.5. The van der Waals surface area contributed by atoms with Gasteiger partial charge in [0, 0.05) is 26.8 Å². The fourth-order valence-electron chi connectivity index (χ4n) is 1.76. The number of carbonyl (C=O) groups excluding carboxylic acids is 1. The molecule has 0 aromatic heterocycles. The molecule has 0 spiro atoms. The molecule has 16 heavy (non-hydrogen) atoms. The molecule has 0 bridgehead atoms. The average molecular weight is 230 g/mol. The molecule has 1 fully saturated rings. The summed E-state index contributed by atoms with van der Waals surface area (Å²) in [5, 5.41) is 11.8. The summed E-state index contributed by atoms with van der Waals surface area (Å²) >= 11 is 0. The number of aliphatic hydroxyl groups excluding tert-OH is 1. The van der Waals surface area contributed by atoms with Gasteiger partial charge in [-0.25, -0.2) is 0 Å². The molecule has 4 N–H and O–H groups in total. The van der Waals surface area contributed by atoms with Crippen LogP contribution in [0.3, 0.4) is 0 Å². The molecule has 5 heteroatoms. The highest BCUT2D eigenvalue weighted by Gasteiger charge is 2.41. The second-order valence-electron chi connectivity index (χ2n) is 4.55. The number of amides is 1. The van der Waals surface area contributed by atoms with Crippen LogP contribution in [-0.4, -0.2) is 43.9 Å². The molecule has 1 aliphatic rings. The van der Waals surface area contributed by atoms with Crippen molar-refractivity contribution in [1.82, 2.24) is 5.32 Å². The third-order valence-electron chi connectivity index (χ3n) is 3.27. The van der Waals surface area contributed by atoms with Crippen LogP contribution in [0.1, 0.15) is 25.7 Å². The Bertz CT molecular complexity index is 225. The first-order valence-electron chi connectivity index (χ1n) is 5.76. The maximum Gasteiger partial charge on any atom is 0.222 e. The molecule has 1 rings (SSSR count). The first-order chi connectivity index (χ1) is 7.65. The molecule has 1 amide bonds. The van der Waals surface area contributed by atoms with Crippen molar-refractivity contribution in [1.29, 1.82) is 0 Å². The Morgan fingerprint density at radius 1 is 1.62 bits per heavy atom. The van der Waals surface area contributed by atoms with Gasteiger partial charge in [-0.1, -0.05) is 0 Å². The number of methoxy groups -OCH3 is 1. The number of nitrogens with two attached hydrogens (primary N) is 1. The van der Waals surface area contributed by atoms with Crippen LogP contribution < -0.4 is 11.1 Å². The Morgan fingerprint density at radius 2 is 2.31 bits per heavy atom. The maximum atomic E-state index is 11.5. The zero-order chi connectivity index (χ0) is 12.0. The molecule has 1 saturated carbocycles. The van der Waals surface area contributed by atoms with Crippen LogP contribution in [0.4, 0.5) is 0 Å². The number of hydrogen-bond acceptors (Lipinski definition) is 4. The molecule has 0 aromatic rings. The summed E-state index contributed by atoms with van der Waals surface area (Å²) in [6.07, 6.45) is 3.07. The summed E-state index contributed by atoms with van der Waals surface area (Å²) in [6.45, 7) is 1.21. The molecule has 94 valence electrons. The van der Waals surface area contributed by atoms with Crippen LogP contribution in [0.15, 0.2) is 0 Å². The van der Waals surface area contributed by atoms with Gasteiger partial charge >= 0.3 is 0 Å². The van der Waals surface area contributed by atoms with Crippen LogP contribution in [0.25, 0.3) is 0 Å². The molecule has 1 aliphatic carbocycles. The zero-order valence-electron chi connectivity index (χ0n) is 9.87. The Morgan fingerprint density at radius 3 is 2.75 bits per heavy atom. The van der Waals surface area contributed by atoms with Gasteiger partial charge in [-0.2, -0.15) is 0 Å². The molecule has 0 aromatic carbocycles. The SMILES string of the molecule is COC(CN)CC(=O)NCC1(CCO)CC1. The number of rotatable bonds is 8. The van der Waals surface area contributed by atoms with Gasteiger partial charge in [0.15, 0.2) is 0 Å². The predicted molar refractivity (Wildman–Crippen MR) is 60.8 cm³/mol. The number of aliphatic hydroxyl groups is 1. The van der Waals surface area contributed by atoms with E-state index in [0.29, 0.717) is 19.5 Å². The van der Waals surface area contributed by atoms with E-state index in [2.05, 4.69) is 5.32 Å². The van der Waals surface area contributed by atoms with Crippen molar-refractivity contribution in [2.24, 2.45) is 11.1 Å². The first-order valence-corrected chi connectivity index (χ1v) is 5.76. The Kier molecular flexibility index (Phi) is 5.18. The lowest BCUT2D eigenvalue weighted by atomic mass is 10.0. The minimum absolute atomic E-state index is 0.0264. The van der Waals surface area contributed by atoms with E-state index in [1.165, 1.54) is 0 Å². The molecule has 5 nitrogen and oxygen atoms in total. The summed E-state index contributed by atoms with van der Waals surface area (Å²) in [5.41, 5.74) is 5.60. The van der Waals surface area contributed by atoms with E-state index in [4.69, 9.17) is 15.6 Å². The van der Waals surface area contributed by atoms with E-state index in [0.717, 1.165) is 19.3 Å². The fourth-order valence-corrected chi connectivity index (χ4v) is 1.76. The van der Waals surface area contributed by atoms with Crippen molar-refractivity contribution in [3.05, 3.63) is 0 Å². The van der Waals surface area contributed by atoms with Gasteiger partial charge in [-0.05, 0) is 24.7 Å². The monoisotopic (exact) mass is 230 g/mol. The summed E-state index contributed by atoms with van der Waals surface area (Å²) in [6, 6.07) is 0. The highest BCUT2D eigenvalue weighted by atomic mass is 16.5. The van der Waals surface area contributed by atoms with Crippen LogP contribution >= 0.6 is 0 Å². The lowest BCUT2D eigenvalue weighted by Crippen LogP contribution is -2.35. The predicted octanol–water partition coefficient (Wildman–Crippen LogP) is -0.371. The standard InChI is InChI=1S/C11H22N2O3/c1-16-9(7-12)6-10(15)13-8-11(2-3-11)4-5-14/h9,14H,2-8,12H2,1H3,(H,13,15). The highest BCUT2D eigenvalue weighted by molar-refractivity contribution is 5.76. The van der Waals surface area contributed by atoms with E-state index >= 15 is 0 Å². The number of nitrogens with one attached hydrogen (secondary N) is 1. The molecule has 0 saturated heterocycles. The van der Waals surface area contributed by atoms with Crippen LogP contribution in [0.2, 0.25) is 0 Å². The van der Waals surface area contributed by atoms with Crippen molar-refractivity contribution in [3.8, 4) is 0 Å². The molecule has 0 radical (unpaired) electrons. The van der Waals surface area contributed by atoms with E-state index < -0.39 is 0 Å². The van der Waals surface area contributed by atoms with Gasteiger partial charge in [0.1, 0.15) is 0 Å². The Hall–Kier alpha value is -0.650. The van der Waals surface area contributed by atoms with E-state index in [-0.39, 0.29) is 24.0 Å². The zero-order valence-corrected chi connectivity index (χ0v) is 9.87. The second-order valence-corrected chi connectivity index (χ2v) is 4.55. The molecule has 1 unspecified atom stereocenters. The second kappa shape index (κ2) is 6.18. The van der Waals surface area contributed by atoms with Crippen LogP contribution in [-0.2, 0) is 9.53 Å². The van der Waals surface area contributed by atoms with Crippen molar-refractivity contribution >= 4 is 5.91 Å². The van der Waals surface area contributed by atoms with Crippen LogP contribution in [0.5, 0.6) is 0 Å². The molecule has 1 atom stereocenters. The summed E-state index contributed by atoms with van der Waals surface area (Å²) in [5.74, 6) is -0.0264. The van der Waals surface area contributed by atoms with Gasteiger partial charge in [0.05, 0.1) is 12.5 Å². The lowest BCUT2D eigenvalue weighted by Gasteiger charge is -2.16. The van der Waals surface area contributed by atoms with E-state index in [9.17, 15) is 4.79 Å². The molecular formula is C11H22N2O3. The fraction of sp³-hybridized carbons (Fsp3) is 0.909. The smallest absolute Gasteiger partial charge is 0.222 e. The first kappa shape index (κ1) is 13.4. The Balaban J connectivity index is 2.19. The largest absolute Gasteiger partial charge is 0.396 e. The average Bonchev–Trinajstić information content (AvgIpc) is 3.04. The van der Waals surface area contributed by atoms with Crippen molar-refractivity contribution in [2.75, 3.05) is 26.8 Å². The topological polar surface area (TPSA) is 84.6 Å². The quantitative estimate of drug-likeness (QED) is 0.531. The molecule has 0 aliphatic heterocycles. The minimum Gasteiger partial charge on any atom is -0.396 e. The van der Waals surface area contributed by atoms with Gasteiger partial charge in [-0.15, -0.1) is 0 Å². The summed E-state index contributed by atoms with van der Waals surface area (Å²) in [7, 11) is 1.55. The molecular weight excluding hydrogens is 208 g/mol. The van der Waals surface area contributed by atoms with Gasteiger partial charge in [0.25, 0.3) is 0 Å². The highest BCUT2D eigenvalue weighted by Crippen LogP contribution is 2.47. The van der Waals surface area contributed by atoms with E-state index in [1.807, 2.05) is 0 Å². The third kappa shape index (κ3) is 4.08. The molecule has 0 heterocycles. The van der Waals surface area contributed by atoms with Crippen molar-refractivity contribution < 1.29 is 14.6 Å². The Labute approximate surface area is 96.3 Å². The van der Waals surface area contributed by atoms with Gasteiger partial charge in [0.2, 0.25) is 5.91 Å². The maximum absolute atomic E-state index is 11.5. The van der Waals surface area contributed by atoms with Gasteiger partial charge in [-0.3, -0.25) is 4.79 Å². The number of ether oxygens (including phenoxy) is 1. The van der Waals surface area contributed by atoms with E-state index in [1.54, 1.807) is 7.11 Å². The number of carbonyl (C=O) groups is 1. The van der Waals surface area contributed by atoms with Crippen molar-refractivity contribution in [2.45, 2.75) is 31.8 Å². The lowest BCUT2D eigenvalue weighted by molar-refractivity contribution is -0.123. The normalized spacial score (nSPS) is 19.2. The van der Waals surface area contributed by atoms with Crippen LogP contribution in [0, 0.1) is 5.41 Å². The van der Waals surface area contributed by atoms with Gasteiger partial charge < -0.3 is 20.9 Å². The third-order valence-corrected chi connectivity index (χ3v) is 3.27.